The van der Waals surface area contributed by atoms with Crippen LogP contribution in [0.5, 0.6) is 5.75 Å². The van der Waals surface area contributed by atoms with E-state index < -0.39 is 10.0 Å². The number of benzene rings is 2. The summed E-state index contributed by atoms with van der Waals surface area (Å²) < 4.78 is 31.7. The first-order valence-electron chi connectivity index (χ1n) is 8.09. The summed E-state index contributed by atoms with van der Waals surface area (Å²) in [5.74, 6) is 0.271. The van der Waals surface area contributed by atoms with Gasteiger partial charge in [-0.3, -0.25) is 9.52 Å². The Hall–Kier alpha value is -2.54. The highest BCUT2D eigenvalue weighted by Crippen LogP contribution is 2.24. The molecule has 2 aromatic rings. The molecule has 0 fully saturated rings. The van der Waals surface area contributed by atoms with Crippen LogP contribution in [0, 0.1) is 0 Å². The summed E-state index contributed by atoms with van der Waals surface area (Å²) in [7, 11) is -3.40. The smallest absolute Gasteiger partial charge is 0.255 e. The monoisotopic (exact) mass is 362 g/mol. The van der Waals surface area contributed by atoms with Crippen molar-refractivity contribution < 1.29 is 17.9 Å². The van der Waals surface area contributed by atoms with Gasteiger partial charge in [-0.15, -0.1) is 0 Å². The van der Waals surface area contributed by atoms with Crippen LogP contribution in [0.3, 0.4) is 0 Å². The molecule has 0 heterocycles. The molecule has 0 aliphatic heterocycles. The third-order valence-electron chi connectivity index (χ3n) is 3.31. The Balaban J connectivity index is 2.17. The van der Waals surface area contributed by atoms with Crippen molar-refractivity contribution in [2.24, 2.45) is 0 Å². The van der Waals surface area contributed by atoms with E-state index in [1.54, 1.807) is 43.3 Å². The van der Waals surface area contributed by atoms with Crippen LogP contribution >= 0.6 is 0 Å². The summed E-state index contributed by atoms with van der Waals surface area (Å²) in [6, 6.07) is 13.5. The third kappa shape index (κ3) is 5.49. The Kier molecular flexibility index (Phi) is 6.41. The lowest BCUT2D eigenvalue weighted by Crippen LogP contribution is -2.17. The maximum atomic E-state index is 12.5. The Morgan fingerprint density at radius 2 is 1.84 bits per heavy atom. The molecule has 0 saturated heterocycles. The number of hydrogen-bond donors (Lipinski definition) is 2. The zero-order chi connectivity index (χ0) is 18.3. The Labute approximate surface area is 148 Å². The maximum Gasteiger partial charge on any atom is 0.255 e. The highest BCUT2D eigenvalue weighted by atomic mass is 32.2. The van der Waals surface area contributed by atoms with Gasteiger partial charge in [-0.05, 0) is 43.7 Å². The normalized spacial score (nSPS) is 11.0. The van der Waals surface area contributed by atoms with E-state index in [0.29, 0.717) is 35.7 Å². The van der Waals surface area contributed by atoms with Crippen LogP contribution in [0.15, 0.2) is 48.5 Å². The summed E-state index contributed by atoms with van der Waals surface area (Å²) in [6.07, 6.45) is 0.518. The Morgan fingerprint density at radius 1 is 1.08 bits per heavy atom. The van der Waals surface area contributed by atoms with Gasteiger partial charge in [-0.2, -0.15) is 0 Å². The van der Waals surface area contributed by atoms with Crippen molar-refractivity contribution in [3.63, 3.8) is 0 Å². The highest BCUT2D eigenvalue weighted by Gasteiger charge is 2.13. The molecule has 6 nitrogen and oxygen atoms in total. The molecule has 0 aliphatic carbocycles. The number of rotatable bonds is 8. The molecular weight excluding hydrogens is 340 g/mol. The van der Waals surface area contributed by atoms with E-state index in [2.05, 4.69) is 10.0 Å². The molecule has 2 rings (SSSR count). The van der Waals surface area contributed by atoms with E-state index >= 15 is 0 Å². The van der Waals surface area contributed by atoms with Crippen LogP contribution in [-0.4, -0.2) is 26.7 Å². The Bertz CT molecular complexity index is 834. The number of para-hydroxylation sites is 2. The minimum absolute atomic E-state index is 0.0329. The average Bonchev–Trinajstić information content (AvgIpc) is 2.56. The van der Waals surface area contributed by atoms with E-state index in [4.69, 9.17) is 4.74 Å². The largest absolute Gasteiger partial charge is 0.492 e. The van der Waals surface area contributed by atoms with Gasteiger partial charge in [0, 0.05) is 11.3 Å². The van der Waals surface area contributed by atoms with Crippen molar-refractivity contribution >= 4 is 27.3 Å². The lowest BCUT2D eigenvalue weighted by molar-refractivity contribution is 0.102. The number of hydrogen-bond acceptors (Lipinski definition) is 4. The van der Waals surface area contributed by atoms with Gasteiger partial charge in [0.2, 0.25) is 10.0 Å². The summed E-state index contributed by atoms with van der Waals surface area (Å²) >= 11 is 0. The van der Waals surface area contributed by atoms with Gasteiger partial charge in [0.15, 0.2) is 0 Å². The van der Waals surface area contributed by atoms with E-state index in [1.165, 1.54) is 6.07 Å². The van der Waals surface area contributed by atoms with Gasteiger partial charge < -0.3 is 10.1 Å². The summed E-state index contributed by atoms with van der Waals surface area (Å²) in [4.78, 5) is 12.5. The minimum atomic E-state index is -3.40. The number of nitrogens with one attached hydrogen (secondary N) is 2. The van der Waals surface area contributed by atoms with Crippen LogP contribution in [-0.2, 0) is 10.0 Å². The second-order valence-corrected chi connectivity index (χ2v) is 7.23. The third-order valence-corrected chi connectivity index (χ3v) is 4.80. The number of sulfonamides is 1. The standard InChI is InChI=1S/C18H22N2O4S/c1-3-12-25(22,23)20-15-9-7-8-14(13-15)18(21)19-16-10-5-6-11-17(16)24-4-2/h5-11,13,20H,3-4,12H2,1-2H3,(H,19,21). The van der Waals surface area contributed by atoms with E-state index in [1.807, 2.05) is 13.0 Å². The molecule has 0 saturated carbocycles. The SMILES string of the molecule is CCCS(=O)(=O)Nc1cccc(C(=O)Nc2ccccc2OCC)c1. The molecule has 0 bridgehead atoms. The molecule has 0 radical (unpaired) electrons. The summed E-state index contributed by atoms with van der Waals surface area (Å²) in [6.45, 7) is 4.14. The molecule has 2 N–H and O–H groups in total. The summed E-state index contributed by atoms with van der Waals surface area (Å²) in [5.41, 5.74) is 1.27. The first-order valence-corrected chi connectivity index (χ1v) is 9.74. The molecule has 0 aliphatic rings. The number of anilines is 2. The molecule has 25 heavy (non-hydrogen) atoms. The zero-order valence-electron chi connectivity index (χ0n) is 14.3. The highest BCUT2D eigenvalue weighted by molar-refractivity contribution is 7.92. The maximum absolute atomic E-state index is 12.5. The fourth-order valence-corrected chi connectivity index (χ4v) is 3.39. The van der Waals surface area contributed by atoms with Gasteiger partial charge in [-0.25, -0.2) is 8.42 Å². The van der Waals surface area contributed by atoms with E-state index in [9.17, 15) is 13.2 Å². The quantitative estimate of drug-likeness (QED) is 0.753. The molecule has 0 aromatic heterocycles. The van der Waals surface area contributed by atoms with Gasteiger partial charge in [0.1, 0.15) is 5.75 Å². The van der Waals surface area contributed by atoms with Crippen molar-refractivity contribution in [1.82, 2.24) is 0 Å². The molecule has 0 spiro atoms. The van der Waals surface area contributed by atoms with Crippen LogP contribution in [0.2, 0.25) is 0 Å². The molecule has 0 atom stereocenters. The van der Waals surface area contributed by atoms with Crippen molar-refractivity contribution in [3.8, 4) is 5.75 Å². The van der Waals surface area contributed by atoms with E-state index in [0.717, 1.165) is 0 Å². The second-order valence-electron chi connectivity index (χ2n) is 5.39. The predicted octanol–water partition coefficient (Wildman–Crippen LogP) is 3.49. The van der Waals surface area contributed by atoms with E-state index in [-0.39, 0.29) is 11.7 Å². The minimum Gasteiger partial charge on any atom is -0.492 e. The number of carbonyl (C=O) groups is 1. The number of amides is 1. The van der Waals surface area contributed by atoms with Crippen molar-refractivity contribution in [3.05, 3.63) is 54.1 Å². The second kappa shape index (κ2) is 8.53. The molecule has 2 aromatic carbocycles. The first-order chi connectivity index (χ1) is 11.9. The van der Waals surface area contributed by atoms with Gasteiger partial charge in [0.25, 0.3) is 5.91 Å². The van der Waals surface area contributed by atoms with Crippen LogP contribution in [0.1, 0.15) is 30.6 Å². The topological polar surface area (TPSA) is 84.5 Å². The van der Waals surface area contributed by atoms with Gasteiger partial charge >= 0.3 is 0 Å². The fraction of sp³-hybridized carbons (Fsp3) is 0.278. The lowest BCUT2D eigenvalue weighted by atomic mass is 10.2. The number of carbonyl (C=O) groups excluding carboxylic acids is 1. The van der Waals surface area contributed by atoms with Crippen molar-refractivity contribution in [2.75, 3.05) is 22.4 Å². The lowest BCUT2D eigenvalue weighted by Gasteiger charge is -2.12. The summed E-state index contributed by atoms with van der Waals surface area (Å²) in [5, 5.41) is 2.79. The van der Waals surface area contributed by atoms with Crippen LogP contribution < -0.4 is 14.8 Å². The molecular formula is C18H22N2O4S. The van der Waals surface area contributed by atoms with Crippen LogP contribution in [0.4, 0.5) is 11.4 Å². The molecule has 7 heteroatoms. The average molecular weight is 362 g/mol. The Morgan fingerprint density at radius 3 is 2.56 bits per heavy atom. The molecule has 1 amide bonds. The molecule has 0 unspecified atom stereocenters. The van der Waals surface area contributed by atoms with Crippen molar-refractivity contribution in [1.29, 1.82) is 0 Å². The number of ether oxygens (including phenoxy) is 1. The molecule has 134 valence electrons. The predicted molar refractivity (Wildman–Crippen MR) is 99.7 cm³/mol. The fourth-order valence-electron chi connectivity index (χ4n) is 2.27. The zero-order valence-corrected chi connectivity index (χ0v) is 15.1. The first kappa shape index (κ1) is 18.8. The van der Waals surface area contributed by atoms with Crippen molar-refractivity contribution in [2.45, 2.75) is 20.3 Å². The van der Waals surface area contributed by atoms with Gasteiger partial charge in [0.05, 0.1) is 18.0 Å². The van der Waals surface area contributed by atoms with Gasteiger partial charge in [-0.1, -0.05) is 25.1 Å². The van der Waals surface area contributed by atoms with Crippen LogP contribution in [0.25, 0.3) is 0 Å².